The van der Waals surface area contributed by atoms with E-state index in [4.69, 9.17) is 0 Å². The summed E-state index contributed by atoms with van der Waals surface area (Å²) in [5, 5.41) is 13.1. The molecule has 0 aromatic carbocycles. The van der Waals surface area contributed by atoms with Crippen molar-refractivity contribution in [2.24, 2.45) is 5.92 Å². The summed E-state index contributed by atoms with van der Waals surface area (Å²) in [7, 11) is 0. The van der Waals surface area contributed by atoms with E-state index in [2.05, 4.69) is 24.1 Å². The Labute approximate surface area is 108 Å². The van der Waals surface area contributed by atoms with Gasteiger partial charge in [0.2, 0.25) is 0 Å². The van der Waals surface area contributed by atoms with Crippen molar-refractivity contribution in [3.63, 3.8) is 0 Å². The highest BCUT2D eigenvalue weighted by Gasteiger charge is 2.13. The van der Waals surface area contributed by atoms with Gasteiger partial charge in [-0.05, 0) is 30.9 Å². The third-order valence-corrected chi connectivity index (χ3v) is 2.86. The number of aliphatic hydroxyl groups is 1. The molecule has 1 heterocycles. The van der Waals surface area contributed by atoms with E-state index in [1.54, 1.807) is 6.07 Å². The van der Waals surface area contributed by atoms with Gasteiger partial charge in [-0.15, -0.1) is 0 Å². The van der Waals surface area contributed by atoms with Crippen molar-refractivity contribution >= 4 is 0 Å². The molecule has 1 rings (SSSR count). The lowest BCUT2D eigenvalue weighted by molar-refractivity contribution is 0.142. The van der Waals surface area contributed by atoms with Gasteiger partial charge in [0.05, 0.1) is 18.0 Å². The van der Waals surface area contributed by atoms with Crippen LogP contribution in [0.5, 0.6) is 0 Å². The Kier molecular flexibility index (Phi) is 6.22. The van der Waals surface area contributed by atoms with Crippen molar-refractivity contribution in [3.8, 4) is 0 Å². The summed E-state index contributed by atoms with van der Waals surface area (Å²) in [5.41, 5.74) is 0.815. The molecule has 0 aliphatic rings. The third-order valence-electron chi connectivity index (χ3n) is 2.86. The fourth-order valence-electron chi connectivity index (χ4n) is 1.96. The number of hydrogen-bond donors (Lipinski definition) is 2. The Hall–Kier alpha value is -1.00. The molecule has 1 aromatic rings. The fourth-order valence-corrected chi connectivity index (χ4v) is 1.96. The summed E-state index contributed by atoms with van der Waals surface area (Å²) in [6, 6.07) is 3.16. The van der Waals surface area contributed by atoms with Crippen LogP contribution in [0.4, 0.5) is 4.39 Å². The molecule has 102 valence electrons. The molecule has 0 bridgehead atoms. The number of nitrogens with zero attached hydrogens (tertiary/aromatic N) is 1. The van der Waals surface area contributed by atoms with Crippen molar-refractivity contribution in [3.05, 3.63) is 29.8 Å². The number of aliphatic hydroxyl groups excluding tert-OH is 1. The summed E-state index contributed by atoms with van der Waals surface area (Å²) >= 11 is 0. The van der Waals surface area contributed by atoms with Crippen LogP contribution in [0.25, 0.3) is 0 Å². The number of rotatable bonds is 7. The number of aromatic nitrogens is 1. The van der Waals surface area contributed by atoms with Gasteiger partial charge in [-0.25, -0.2) is 4.39 Å². The second-order valence-electron chi connectivity index (χ2n) is 5.05. The first kappa shape index (κ1) is 15.1. The van der Waals surface area contributed by atoms with Crippen molar-refractivity contribution < 1.29 is 9.50 Å². The summed E-state index contributed by atoms with van der Waals surface area (Å²) in [6.45, 7) is 6.75. The summed E-state index contributed by atoms with van der Waals surface area (Å²) < 4.78 is 12.8. The molecule has 0 spiro atoms. The molecule has 0 aliphatic heterocycles. The van der Waals surface area contributed by atoms with Gasteiger partial charge in [0.1, 0.15) is 5.82 Å². The molecule has 0 saturated heterocycles. The molecular weight excluding hydrogens is 231 g/mol. The molecule has 2 atom stereocenters. The second-order valence-corrected chi connectivity index (χ2v) is 5.05. The van der Waals surface area contributed by atoms with E-state index in [-0.39, 0.29) is 18.0 Å². The first-order valence-electron chi connectivity index (χ1n) is 6.55. The lowest BCUT2D eigenvalue weighted by Crippen LogP contribution is -2.31. The Morgan fingerprint density at radius 3 is 2.61 bits per heavy atom. The molecule has 0 saturated carbocycles. The SMILES string of the molecule is CCC(NCC(O)CC(C)C)c1ccc(F)cn1. The fraction of sp³-hybridized carbons (Fsp3) is 0.643. The van der Waals surface area contributed by atoms with Crippen LogP contribution in [-0.2, 0) is 0 Å². The minimum Gasteiger partial charge on any atom is -0.392 e. The summed E-state index contributed by atoms with van der Waals surface area (Å²) in [6.07, 6.45) is 2.51. The number of pyridine rings is 1. The van der Waals surface area contributed by atoms with Crippen molar-refractivity contribution in [1.29, 1.82) is 0 Å². The topological polar surface area (TPSA) is 45.1 Å². The van der Waals surface area contributed by atoms with Gasteiger partial charge < -0.3 is 10.4 Å². The molecule has 2 unspecified atom stereocenters. The first-order valence-corrected chi connectivity index (χ1v) is 6.55. The largest absolute Gasteiger partial charge is 0.392 e. The van der Waals surface area contributed by atoms with Crippen LogP contribution in [0.15, 0.2) is 18.3 Å². The van der Waals surface area contributed by atoms with Crippen LogP contribution in [0.3, 0.4) is 0 Å². The lowest BCUT2D eigenvalue weighted by atomic mass is 10.1. The van der Waals surface area contributed by atoms with Crippen molar-refractivity contribution in [2.45, 2.75) is 45.8 Å². The Morgan fingerprint density at radius 1 is 1.39 bits per heavy atom. The minimum atomic E-state index is -0.348. The zero-order chi connectivity index (χ0) is 13.5. The van der Waals surface area contributed by atoms with E-state index in [0.717, 1.165) is 18.5 Å². The van der Waals surface area contributed by atoms with E-state index < -0.39 is 0 Å². The second kappa shape index (κ2) is 7.44. The number of hydrogen-bond acceptors (Lipinski definition) is 3. The zero-order valence-corrected chi connectivity index (χ0v) is 11.4. The highest BCUT2D eigenvalue weighted by molar-refractivity contribution is 5.09. The number of halogens is 1. The van der Waals surface area contributed by atoms with Crippen molar-refractivity contribution in [1.82, 2.24) is 10.3 Å². The summed E-state index contributed by atoms with van der Waals surface area (Å²) in [4.78, 5) is 4.07. The zero-order valence-electron chi connectivity index (χ0n) is 11.4. The molecular formula is C14H23FN2O. The molecule has 18 heavy (non-hydrogen) atoms. The van der Waals surface area contributed by atoms with Crippen molar-refractivity contribution in [2.75, 3.05) is 6.54 Å². The maximum absolute atomic E-state index is 12.8. The molecule has 0 radical (unpaired) electrons. The molecule has 0 aliphatic carbocycles. The van der Waals surface area contributed by atoms with E-state index in [9.17, 15) is 9.50 Å². The smallest absolute Gasteiger partial charge is 0.141 e. The Balaban J connectivity index is 2.49. The molecule has 3 nitrogen and oxygen atoms in total. The highest BCUT2D eigenvalue weighted by Crippen LogP contribution is 2.14. The van der Waals surface area contributed by atoms with Crippen LogP contribution >= 0.6 is 0 Å². The molecule has 4 heteroatoms. The first-order chi connectivity index (χ1) is 8.52. The normalized spacial score (nSPS) is 14.8. The monoisotopic (exact) mass is 254 g/mol. The Bertz CT molecular complexity index is 340. The quantitative estimate of drug-likeness (QED) is 0.786. The Morgan fingerprint density at radius 2 is 2.11 bits per heavy atom. The molecule has 1 aromatic heterocycles. The molecule has 0 fully saturated rings. The predicted molar refractivity (Wildman–Crippen MR) is 70.7 cm³/mol. The van der Waals surface area contributed by atoms with Crippen LogP contribution in [0, 0.1) is 11.7 Å². The van der Waals surface area contributed by atoms with E-state index in [0.29, 0.717) is 12.5 Å². The summed E-state index contributed by atoms with van der Waals surface area (Å²) in [5.74, 6) is 0.152. The maximum Gasteiger partial charge on any atom is 0.141 e. The van der Waals surface area contributed by atoms with Gasteiger partial charge in [-0.1, -0.05) is 20.8 Å². The van der Waals surface area contributed by atoms with Crippen LogP contribution in [0.2, 0.25) is 0 Å². The standard InChI is InChI=1S/C14H23FN2O/c1-4-13(14-6-5-11(15)8-16-14)17-9-12(18)7-10(2)3/h5-6,8,10,12-13,17-18H,4,7,9H2,1-3H3. The van der Waals surface area contributed by atoms with Gasteiger partial charge >= 0.3 is 0 Å². The maximum atomic E-state index is 12.8. The van der Waals surface area contributed by atoms with Gasteiger partial charge in [0, 0.05) is 12.6 Å². The van der Waals surface area contributed by atoms with Crippen LogP contribution in [-0.4, -0.2) is 22.7 Å². The third kappa shape index (κ3) is 5.10. The van der Waals surface area contributed by atoms with Gasteiger partial charge in [0.15, 0.2) is 0 Å². The van der Waals surface area contributed by atoms with Crippen LogP contribution in [0.1, 0.15) is 45.3 Å². The van der Waals surface area contributed by atoms with E-state index in [1.165, 1.54) is 12.3 Å². The molecule has 2 N–H and O–H groups in total. The van der Waals surface area contributed by atoms with Gasteiger partial charge in [0.25, 0.3) is 0 Å². The van der Waals surface area contributed by atoms with E-state index >= 15 is 0 Å². The van der Waals surface area contributed by atoms with Gasteiger partial charge in [-0.2, -0.15) is 0 Å². The average molecular weight is 254 g/mol. The highest BCUT2D eigenvalue weighted by atomic mass is 19.1. The van der Waals surface area contributed by atoms with Crippen LogP contribution < -0.4 is 5.32 Å². The minimum absolute atomic E-state index is 0.0624. The van der Waals surface area contributed by atoms with Gasteiger partial charge in [-0.3, -0.25) is 4.98 Å². The van der Waals surface area contributed by atoms with E-state index in [1.807, 2.05) is 6.92 Å². The lowest BCUT2D eigenvalue weighted by Gasteiger charge is -2.20. The average Bonchev–Trinajstić information content (AvgIpc) is 2.31. The number of nitrogens with one attached hydrogen (secondary N) is 1. The predicted octanol–water partition coefficient (Wildman–Crippen LogP) is 2.67. The molecule has 0 amide bonds.